The van der Waals surface area contributed by atoms with Gasteiger partial charge in [0.1, 0.15) is 5.75 Å². The Morgan fingerprint density at radius 1 is 1.24 bits per heavy atom. The highest BCUT2D eigenvalue weighted by molar-refractivity contribution is 5.81. The number of methoxy groups -OCH3 is 1. The third-order valence-corrected chi connectivity index (χ3v) is 6.16. The zero-order chi connectivity index (χ0) is 20.2. The number of aromatic nitrogens is 1. The Balaban J connectivity index is 1.50. The molecular formula is C24H31N3O2. The molecule has 1 aromatic heterocycles. The molecule has 1 aliphatic carbocycles. The number of aryl methyl sites for hydroxylation is 1. The Bertz CT molecular complexity index is 835. The van der Waals surface area contributed by atoms with Gasteiger partial charge in [0.25, 0.3) is 0 Å². The fraction of sp³-hybridized carbons (Fsp3) is 0.500. The van der Waals surface area contributed by atoms with Gasteiger partial charge in [-0.1, -0.05) is 24.3 Å². The zero-order valence-electron chi connectivity index (χ0n) is 17.4. The topological polar surface area (TPSA) is 54.5 Å². The lowest BCUT2D eigenvalue weighted by Crippen LogP contribution is -2.43. The smallest absolute Gasteiger partial charge is 0.223 e. The first kappa shape index (κ1) is 19.9. The van der Waals surface area contributed by atoms with E-state index in [4.69, 9.17) is 4.74 Å². The van der Waals surface area contributed by atoms with Crippen molar-refractivity contribution in [2.24, 2.45) is 11.8 Å². The van der Waals surface area contributed by atoms with E-state index in [1.165, 1.54) is 11.1 Å². The summed E-state index contributed by atoms with van der Waals surface area (Å²) in [7, 11) is 1.75. The second-order valence-corrected chi connectivity index (χ2v) is 8.42. The molecule has 5 nitrogen and oxygen atoms in total. The van der Waals surface area contributed by atoms with Gasteiger partial charge in [0.05, 0.1) is 18.8 Å². The van der Waals surface area contributed by atoms with Crippen LogP contribution in [-0.2, 0) is 11.3 Å². The number of amides is 1. The molecule has 0 unspecified atom stereocenters. The molecule has 1 aromatic carbocycles. The highest BCUT2D eigenvalue weighted by Crippen LogP contribution is 2.34. The largest absolute Gasteiger partial charge is 0.496 e. The van der Waals surface area contributed by atoms with Crippen molar-refractivity contribution >= 4 is 5.91 Å². The van der Waals surface area contributed by atoms with Crippen molar-refractivity contribution in [1.82, 2.24) is 15.2 Å². The van der Waals surface area contributed by atoms with Crippen LogP contribution < -0.4 is 10.1 Å². The number of piperidine rings is 1. The molecule has 154 valence electrons. The molecule has 2 aromatic rings. The second-order valence-electron chi connectivity index (χ2n) is 8.42. The van der Waals surface area contributed by atoms with Gasteiger partial charge in [-0.15, -0.1) is 0 Å². The monoisotopic (exact) mass is 393 g/mol. The fourth-order valence-corrected chi connectivity index (χ4v) is 4.49. The Kier molecular flexibility index (Phi) is 6.14. The highest BCUT2D eigenvalue weighted by Gasteiger charge is 2.35. The minimum Gasteiger partial charge on any atom is -0.496 e. The van der Waals surface area contributed by atoms with Crippen molar-refractivity contribution in [2.45, 2.75) is 45.2 Å². The lowest BCUT2D eigenvalue weighted by molar-refractivity contribution is -0.123. The minimum absolute atomic E-state index is 0.0218. The molecule has 1 N–H and O–H groups in total. The molecular weight excluding hydrogens is 362 g/mol. The van der Waals surface area contributed by atoms with Crippen LogP contribution in [0.4, 0.5) is 0 Å². The summed E-state index contributed by atoms with van der Waals surface area (Å²) in [6, 6.07) is 12.3. The van der Waals surface area contributed by atoms with E-state index in [1.54, 1.807) is 7.11 Å². The van der Waals surface area contributed by atoms with Crippen LogP contribution in [0, 0.1) is 18.8 Å². The maximum Gasteiger partial charge on any atom is 0.223 e. The lowest BCUT2D eigenvalue weighted by Gasteiger charge is -2.37. The van der Waals surface area contributed by atoms with Crippen molar-refractivity contribution in [1.29, 1.82) is 0 Å². The normalized spacial score (nSPS) is 20.8. The molecule has 1 amide bonds. The molecule has 2 fully saturated rings. The van der Waals surface area contributed by atoms with Gasteiger partial charge in [-0.25, -0.2) is 0 Å². The van der Waals surface area contributed by atoms with E-state index in [2.05, 4.69) is 40.3 Å². The van der Waals surface area contributed by atoms with E-state index in [9.17, 15) is 4.79 Å². The van der Waals surface area contributed by atoms with Gasteiger partial charge in [0.15, 0.2) is 0 Å². The summed E-state index contributed by atoms with van der Waals surface area (Å²) in [5.74, 6) is 1.74. The maximum atomic E-state index is 12.6. The molecule has 2 aliphatic rings. The standard InChI is InChI=1S/C24H31N3O2/c1-17-7-5-8-20(23(17)29-2)16-27-14-6-9-19(15-27)22(21-10-3-4-13-25-21)26-24(28)18-11-12-18/h3-5,7-8,10,13,18-19,22H,6,9,11-12,14-16H2,1-2H3,(H,26,28)/t19-,22+/m1/s1. The van der Waals surface area contributed by atoms with E-state index in [0.29, 0.717) is 5.92 Å². The first-order valence-electron chi connectivity index (χ1n) is 10.7. The average molecular weight is 394 g/mol. The van der Waals surface area contributed by atoms with Crippen LogP contribution in [0.15, 0.2) is 42.6 Å². The molecule has 2 heterocycles. The molecule has 0 spiro atoms. The number of likely N-dealkylation sites (tertiary alicyclic amines) is 1. The van der Waals surface area contributed by atoms with Crippen molar-refractivity contribution in [3.05, 3.63) is 59.4 Å². The van der Waals surface area contributed by atoms with Crippen LogP contribution in [0.3, 0.4) is 0 Å². The predicted molar refractivity (Wildman–Crippen MR) is 114 cm³/mol. The number of hydrogen-bond donors (Lipinski definition) is 1. The van der Waals surface area contributed by atoms with Gasteiger partial charge < -0.3 is 10.1 Å². The van der Waals surface area contributed by atoms with Gasteiger partial charge in [0, 0.05) is 30.8 Å². The summed E-state index contributed by atoms with van der Waals surface area (Å²) in [4.78, 5) is 19.6. The zero-order valence-corrected chi connectivity index (χ0v) is 17.4. The van der Waals surface area contributed by atoms with Crippen LogP contribution in [0.2, 0.25) is 0 Å². The van der Waals surface area contributed by atoms with E-state index in [-0.39, 0.29) is 17.9 Å². The molecule has 4 rings (SSSR count). The Morgan fingerprint density at radius 3 is 2.83 bits per heavy atom. The number of para-hydroxylation sites is 1. The van der Waals surface area contributed by atoms with Crippen LogP contribution >= 0.6 is 0 Å². The molecule has 2 atom stereocenters. The van der Waals surface area contributed by atoms with Gasteiger partial charge >= 0.3 is 0 Å². The third-order valence-electron chi connectivity index (χ3n) is 6.16. The summed E-state index contributed by atoms with van der Waals surface area (Å²) in [5, 5.41) is 3.33. The quantitative estimate of drug-likeness (QED) is 0.776. The van der Waals surface area contributed by atoms with Crippen LogP contribution in [0.5, 0.6) is 5.75 Å². The highest BCUT2D eigenvalue weighted by atomic mass is 16.5. The lowest BCUT2D eigenvalue weighted by atomic mass is 9.88. The molecule has 1 aliphatic heterocycles. The van der Waals surface area contributed by atoms with Crippen LogP contribution in [-0.4, -0.2) is 36.0 Å². The summed E-state index contributed by atoms with van der Waals surface area (Å²) in [5.41, 5.74) is 3.37. The number of benzene rings is 1. The minimum atomic E-state index is -0.0218. The second kappa shape index (κ2) is 8.95. The van der Waals surface area contributed by atoms with E-state index in [0.717, 1.165) is 56.8 Å². The Morgan fingerprint density at radius 2 is 2.10 bits per heavy atom. The molecule has 5 heteroatoms. The maximum absolute atomic E-state index is 12.6. The Labute approximate surface area is 173 Å². The Hall–Kier alpha value is -2.40. The number of pyridine rings is 1. The van der Waals surface area contributed by atoms with Gasteiger partial charge in [-0.3, -0.25) is 14.7 Å². The molecule has 0 radical (unpaired) electrons. The first-order valence-corrected chi connectivity index (χ1v) is 10.7. The van der Waals surface area contributed by atoms with Crippen LogP contribution in [0.1, 0.15) is 48.5 Å². The number of ether oxygens (including phenoxy) is 1. The van der Waals surface area contributed by atoms with Crippen molar-refractivity contribution < 1.29 is 9.53 Å². The molecule has 1 saturated carbocycles. The van der Waals surface area contributed by atoms with Crippen molar-refractivity contribution in [2.75, 3.05) is 20.2 Å². The van der Waals surface area contributed by atoms with Crippen molar-refractivity contribution in [3.63, 3.8) is 0 Å². The fourth-order valence-electron chi connectivity index (χ4n) is 4.49. The van der Waals surface area contributed by atoms with Gasteiger partial charge in [0.2, 0.25) is 5.91 Å². The summed E-state index contributed by atoms with van der Waals surface area (Å²) in [6.45, 7) is 4.97. The average Bonchev–Trinajstić information content (AvgIpc) is 3.58. The number of rotatable bonds is 7. The van der Waals surface area contributed by atoms with Crippen molar-refractivity contribution in [3.8, 4) is 5.75 Å². The molecule has 29 heavy (non-hydrogen) atoms. The van der Waals surface area contributed by atoms with Gasteiger partial charge in [-0.2, -0.15) is 0 Å². The van der Waals surface area contributed by atoms with E-state index < -0.39 is 0 Å². The number of carbonyl (C=O) groups is 1. The van der Waals surface area contributed by atoms with Crippen LogP contribution in [0.25, 0.3) is 0 Å². The SMILES string of the molecule is COc1c(C)cccc1CN1CCC[C@@H]([C@H](NC(=O)C2CC2)c2ccccn2)C1. The first-order chi connectivity index (χ1) is 14.2. The van der Waals surface area contributed by atoms with E-state index >= 15 is 0 Å². The number of carbonyl (C=O) groups excluding carboxylic acids is 1. The number of hydrogen-bond acceptors (Lipinski definition) is 4. The summed E-state index contributed by atoms with van der Waals surface area (Å²) >= 11 is 0. The number of nitrogens with one attached hydrogen (secondary N) is 1. The van der Waals surface area contributed by atoms with E-state index in [1.807, 2.05) is 24.4 Å². The summed E-state index contributed by atoms with van der Waals surface area (Å²) in [6.07, 6.45) is 6.09. The van der Waals surface area contributed by atoms with Gasteiger partial charge in [-0.05, 0) is 62.8 Å². The third kappa shape index (κ3) is 4.78. The summed E-state index contributed by atoms with van der Waals surface area (Å²) < 4.78 is 5.65. The molecule has 0 bridgehead atoms. The molecule has 1 saturated heterocycles. The number of nitrogens with zero attached hydrogens (tertiary/aromatic N) is 2. The predicted octanol–water partition coefficient (Wildman–Crippen LogP) is 3.88.